The highest BCUT2D eigenvalue weighted by atomic mass is 28.4. The van der Waals surface area contributed by atoms with Gasteiger partial charge in [-0.15, -0.1) is 0 Å². The van der Waals surface area contributed by atoms with Crippen LogP contribution in [0, 0.1) is 0 Å². The van der Waals surface area contributed by atoms with Crippen molar-refractivity contribution >= 4 is 14.9 Å². The number of allylic oxidation sites excluding steroid dienone is 2. The topological polar surface area (TPSA) is 27.7 Å². The van der Waals surface area contributed by atoms with E-state index in [0.29, 0.717) is 0 Å². The number of hydrogen-bond acceptors (Lipinski definition) is 3. The zero-order valence-electron chi connectivity index (χ0n) is 10.4. The van der Waals surface area contributed by atoms with Gasteiger partial charge in [0.2, 0.25) is 0 Å². The molecule has 0 atom stereocenters. The maximum Gasteiger partial charge on any atom is 0.528 e. The van der Waals surface area contributed by atoms with Crippen LogP contribution in [-0.4, -0.2) is 30.1 Å². The molecule has 0 bridgehead atoms. The SMILES string of the molecule is CO[Si](C=CC=Cc1ccccc1)(OC)OC. The van der Waals surface area contributed by atoms with Crippen molar-refractivity contribution < 1.29 is 13.3 Å². The highest BCUT2D eigenvalue weighted by molar-refractivity contribution is 6.66. The molecule has 17 heavy (non-hydrogen) atoms. The highest BCUT2D eigenvalue weighted by Gasteiger charge is 2.33. The molecule has 1 rings (SSSR count). The van der Waals surface area contributed by atoms with E-state index >= 15 is 0 Å². The lowest BCUT2D eigenvalue weighted by atomic mass is 10.2. The third-order valence-electron chi connectivity index (χ3n) is 2.35. The van der Waals surface area contributed by atoms with Gasteiger partial charge >= 0.3 is 8.80 Å². The van der Waals surface area contributed by atoms with E-state index in [1.54, 1.807) is 21.3 Å². The summed E-state index contributed by atoms with van der Waals surface area (Å²) in [4.78, 5) is 0. The highest BCUT2D eigenvalue weighted by Crippen LogP contribution is 2.08. The first-order valence-corrected chi connectivity index (χ1v) is 7.13. The summed E-state index contributed by atoms with van der Waals surface area (Å²) < 4.78 is 15.8. The van der Waals surface area contributed by atoms with E-state index in [9.17, 15) is 0 Å². The summed E-state index contributed by atoms with van der Waals surface area (Å²) in [6.07, 6.45) is 5.83. The Morgan fingerprint density at radius 3 is 2.00 bits per heavy atom. The van der Waals surface area contributed by atoms with Crippen LogP contribution in [0.1, 0.15) is 5.56 Å². The van der Waals surface area contributed by atoms with Crippen molar-refractivity contribution in [3.63, 3.8) is 0 Å². The van der Waals surface area contributed by atoms with E-state index in [1.165, 1.54) is 0 Å². The van der Waals surface area contributed by atoms with Crippen molar-refractivity contribution in [1.82, 2.24) is 0 Å². The largest absolute Gasteiger partial charge is 0.528 e. The van der Waals surface area contributed by atoms with Gasteiger partial charge in [-0.2, -0.15) is 0 Å². The molecule has 4 heteroatoms. The van der Waals surface area contributed by atoms with Crippen LogP contribution in [0.4, 0.5) is 0 Å². The van der Waals surface area contributed by atoms with E-state index < -0.39 is 8.80 Å². The Hall–Kier alpha value is -1.20. The van der Waals surface area contributed by atoms with Crippen molar-refractivity contribution in [2.24, 2.45) is 0 Å². The number of rotatable bonds is 6. The van der Waals surface area contributed by atoms with Crippen molar-refractivity contribution in [2.45, 2.75) is 0 Å². The molecule has 0 saturated carbocycles. The predicted octanol–water partition coefficient (Wildman–Crippen LogP) is 2.67. The minimum absolute atomic E-state index is 1.15. The van der Waals surface area contributed by atoms with Crippen LogP contribution in [0.5, 0.6) is 0 Å². The maximum absolute atomic E-state index is 5.26. The minimum atomic E-state index is -2.59. The van der Waals surface area contributed by atoms with Crippen molar-refractivity contribution in [1.29, 1.82) is 0 Å². The van der Waals surface area contributed by atoms with E-state index in [1.807, 2.05) is 54.3 Å². The molecular formula is C13H18O3Si. The molecule has 0 radical (unpaired) electrons. The molecule has 1 aromatic carbocycles. The van der Waals surface area contributed by atoms with Crippen LogP contribution >= 0.6 is 0 Å². The summed E-state index contributed by atoms with van der Waals surface area (Å²) in [7, 11) is 2.18. The van der Waals surface area contributed by atoms with Crippen LogP contribution in [0.3, 0.4) is 0 Å². The van der Waals surface area contributed by atoms with Gasteiger partial charge in [0.1, 0.15) is 0 Å². The summed E-state index contributed by atoms with van der Waals surface area (Å²) in [5, 5.41) is 0. The Labute approximate surface area is 104 Å². The molecule has 0 aliphatic rings. The number of hydrogen-bond donors (Lipinski definition) is 0. The van der Waals surface area contributed by atoms with Gasteiger partial charge in [-0.05, 0) is 11.3 Å². The third kappa shape index (κ3) is 4.28. The molecule has 0 aliphatic heterocycles. The first-order valence-electron chi connectivity index (χ1n) is 5.33. The van der Waals surface area contributed by atoms with E-state index in [-0.39, 0.29) is 0 Å². The Morgan fingerprint density at radius 2 is 1.47 bits per heavy atom. The molecule has 0 spiro atoms. The van der Waals surface area contributed by atoms with Crippen LogP contribution in [0.25, 0.3) is 6.08 Å². The van der Waals surface area contributed by atoms with E-state index in [2.05, 4.69) is 0 Å². The van der Waals surface area contributed by atoms with Gasteiger partial charge in [-0.1, -0.05) is 48.6 Å². The van der Waals surface area contributed by atoms with Crippen LogP contribution in [0.2, 0.25) is 0 Å². The molecule has 1 aromatic rings. The zero-order chi connectivity index (χ0) is 12.6. The fraction of sp³-hybridized carbons (Fsp3) is 0.231. The zero-order valence-corrected chi connectivity index (χ0v) is 11.4. The van der Waals surface area contributed by atoms with Crippen molar-refractivity contribution in [3.05, 3.63) is 53.7 Å². The van der Waals surface area contributed by atoms with Gasteiger partial charge in [0.05, 0.1) is 0 Å². The Balaban J connectivity index is 2.63. The van der Waals surface area contributed by atoms with Gasteiger partial charge in [-0.25, -0.2) is 0 Å². The van der Waals surface area contributed by atoms with Gasteiger partial charge in [0.15, 0.2) is 0 Å². The summed E-state index contributed by atoms with van der Waals surface area (Å²) in [5.41, 5.74) is 2.99. The average molecular weight is 250 g/mol. The average Bonchev–Trinajstić information content (AvgIpc) is 2.41. The quantitative estimate of drug-likeness (QED) is 0.574. The first-order chi connectivity index (χ1) is 8.26. The molecule has 0 fully saturated rings. The molecule has 0 saturated heterocycles. The molecule has 92 valence electrons. The molecule has 3 nitrogen and oxygen atoms in total. The normalized spacial score (nSPS) is 12.6. The molecule has 0 aliphatic carbocycles. The molecule has 0 aromatic heterocycles. The van der Waals surface area contributed by atoms with Crippen LogP contribution in [-0.2, 0) is 13.3 Å². The van der Waals surface area contributed by atoms with Gasteiger partial charge < -0.3 is 13.3 Å². The lowest BCUT2D eigenvalue weighted by Gasteiger charge is -2.19. The number of benzene rings is 1. The van der Waals surface area contributed by atoms with E-state index in [0.717, 1.165) is 5.56 Å². The van der Waals surface area contributed by atoms with Gasteiger partial charge in [0, 0.05) is 21.3 Å². The van der Waals surface area contributed by atoms with Crippen molar-refractivity contribution in [3.8, 4) is 0 Å². The molecule has 0 N–H and O–H groups in total. The second-order valence-corrected chi connectivity index (χ2v) is 6.11. The van der Waals surface area contributed by atoms with Crippen molar-refractivity contribution in [2.75, 3.05) is 21.3 Å². The fourth-order valence-electron chi connectivity index (χ4n) is 1.36. The molecular weight excluding hydrogens is 232 g/mol. The molecule has 0 amide bonds. The van der Waals surface area contributed by atoms with E-state index in [4.69, 9.17) is 13.3 Å². The minimum Gasteiger partial charge on any atom is -0.374 e. The summed E-state index contributed by atoms with van der Waals surface area (Å²) >= 11 is 0. The first kappa shape index (κ1) is 13.9. The Morgan fingerprint density at radius 1 is 0.882 bits per heavy atom. The van der Waals surface area contributed by atoms with Gasteiger partial charge in [0.25, 0.3) is 0 Å². The molecule has 0 heterocycles. The lowest BCUT2D eigenvalue weighted by molar-refractivity contribution is 0.138. The second kappa shape index (κ2) is 7.19. The summed E-state index contributed by atoms with van der Waals surface area (Å²) in [6.45, 7) is 0. The molecule has 0 unspecified atom stereocenters. The standard InChI is InChI=1S/C13H18O3Si/c1-14-17(15-2,16-3)12-8-7-11-13-9-5-4-6-10-13/h4-12H,1-3H3. The fourth-order valence-corrected chi connectivity index (χ4v) is 2.61. The monoisotopic (exact) mass is 250 g/mol. The van der Waals surface area contributed by atoms with Crippen LogP contribution in [0.15, 0.2) is 48.2 Å². The van der Waals surface area contributed by atoms with Crippen LogP contribution < -0.4 is 0 Å². The Kier molecular flexibility index (Phi) is 5.86. The second-order valence-electron chi connectivity index (χ2n) is 3.34. The smallest absolute Gasteiger partial charge is 0.374 e. The Bertz CT molecular complexity index is 361. The summed E-state index contributed by atoms with van der Waals surface area (Å²) in [6, 6.07) is 10.1. The third-order valence-corrected chi connectivity index (χ3v) is 4.66. The maximum atomic E-state index is 5.26. The lowest BCUT2D eigenvalue weighted by Crippen LogP contribution is -2.40. The predicted molar refractivity (Wildman–Crippen MR) is 71.4 cm³/mol. The summed E-state index contributed by atoms with van der Waals surface area (Å²) in [5.74, 6) is 0. The van der Waals surface area contributed by atoms with Gasteiger partial charge in [-0.3, -0.25) is 0 Å².